The van der Waals surface area contributed by atoms with Gasteiger partial charge in [0.1, 0.15) is 11.5 Å². The first-order valence-corrected chi connectivity index (χ1v) is 5.79. The molecule has 4 heteroatoms. The van der Waals surface area contributed by atoms with Crippen molar-refractivity contribution in [3.8, 4) is 0 Å². The molecule has 0 aliphatic heterocycles. The number of unbranched alkanes of at least 4 members (excludes halogenated alkanes) is 2. The van der Waals surface area contributed by atoms with Crippen LogP contribution in [-0.4, -0.2) is 12.6 Å². The number of hydrogen-bond acceptors (Lipinski definition) is 2. The largest absolute Gasteiger partial charge is 0.465 e. The number of hydrogen-bond donors (Lipinski definition) is 2. The molecule has 0 saturated heterocycles. The van der Waals surface area contributed by atoms with Crippen molar-refractivity contribution in [3.63, 3.8) is 0 Å². The monoisotopic (exact) mass is 224 g/mol. The molecule has 2 N–H and O–H groups in total. The van der Waals surface area contributed by atoms with Crippen LogP contribution >= 0.6 is 0 Å². The van der Waals surface area contributed by atoms with Gasteiger partial charge in [-0.15, -0.1) is 0 Å². The second-order valence-corrected chi connectivity index (χ2v) is 3.83. The molecule has 90 valence electrons. The molecular formula is C12H20N2O2. The van der Waals surface area contributed by atoms with Crippen molar-refractivity contribution >= 4 is 6.03 Å². The Balaban J connectivity index is 2.10. The summed E-state index contributed by atoms with van der Waals surface area (Å²) in [6, 6.07) is 3.62. The molecule has 0 saturated carbocycles. The third-order valence-electron chi connectivity index (χ3n) is 2.29. The van der Waals surface area contributed by atoms with Crippen LogP contribution in [0.4, 0.5) is 4.79 Å². The molecule has 0 fully saturated rings. The molecule has 1 rings (SSSR count). The maximum absolute atomic E-state index is 11.3. The van der Waals surface area contributed by atoms with E-state index in [0.29, 0.717) is 6.54 Å². The van der Waals surface area contributed by atoms with Crippen LogP contribution in [0.5, 0.6) is 0 Å². The van der Waals surface area contributed by atoms with E-state index in [1.54, 1.807) is 0 Å². The fraction of sp³-hybridized carbons (Fsp3) is 0.583. The molecule has 1 heterocycles. The number of urea groups is 1. The van der Waals surface area contributed by atoms with Crippen LogP contribution in [0, 0.1) is 6.92 Å². The van der Waals surface area contributed by atoms with Gasteiger partial charge in [0.15, 0.2) is 0 Å². The van der Waals surface area contributed by atoms with E-state index in [-0.39, 0.29) is 6.03 Å². The van der Waals surface area contributed by atoms with Crippen LogP contribution in [-0.2, 0) is 6.54 Å². The SMILES string of the molecule is CCCCCNC(=O)NCc1ccc(C)o1. The topological polar surface area (TPSA) is 54.3 Å². The van der Waals surface area contributed by atoms with Gasteiger partial charge in [0.2, 0.25) is 0 Å². The fourth-order valence-electron chi connectivity index (χ4n) is 1.39. The first-order valence-electron chi connectivity index (χ1n) is 5.79. The van der Waals surface area contributed by atoms with E-state index in [4.69, 9.17) is 4.42 Å². The van der Waals surface area contributed by atoms with Crippen molar-refractivity contribution in [2.24, 2.45) is 0 Å². The maximum atomic E-state index is 11.3. The fourth-order valence-corrected chi connectivity index (χ4v) is 1.39. The van der Waals surface area contributed by atoms with Crippen LogP contribution < -0.4 is 10.6 Å². The molecule has 0 unspecified atom stereocenters. The first-order chi connectivity index (χ1) is 7.72. The average molecular weight is 224 g/mol. The number of aryl methyl sites for hydroxylation is 1. The number of carbonyl (C=O) groups excluding carboxylic acids is 1. The lowest BCUT2D eigenvalue weighted by atomic mass is 10.2. The van der Waals surface area contributed by atoms with Crippen LogP contribution in [0.2, 0.25) is 0 Å². The first kappa shape index (κ1) is 12.6. The molecule has 1 aromatic rings. The second kappa shape index (κ2) is 6.93. The summed E-state index contributed by atoms with van der Waals surface area (Å²) in [5.74, 6) is 1.64. The Morgan fingerprint density at radius 2 is 2.12 bits per heavy atom. The number of carbonyl (C=O) groups is 1. The Bertz CT molecular complexity index is 321. The van der Waals surface area contributed by atoms with Crippen molar-refractivity contribution in [3.05, 3.63) is 23.7 Å². The highest BCUT2D eigenvalue weighted by Crippen LogP contribution is 2.05. The molecule has 0 aliphatic carbocycles. The molecule has 0 radical (unpaired) electrons. The molecule has 1 aromatic heterocycles. The predicted molar refractivity (Wildman–Crippen MR) is 63.2 cm³/mol. The zero-order valence-electron chi connectivity index (χ0n) is 10.0. The standard InChI is InChI=1S/C12H20N2O2/c1-3-4-5-8-13-12(15)14-9-11-7-6-10(2)16-11/h6-7H,3-5,8-9H2,1-2H3,(H2,13,14,15). The van der Waals surface area contributed by atoms with Gasteiger partial charge in [-0.05, 0) is 25.5 Å². The van der Waals surface area contributed by atoms with Crippen LogP contribution in [0.3, 0.4) is 0 Å². The van der Waals surface area contributed by atoms with Gasteiger partial charge in [0.25, 0.3) is 0 Å². The van der Waals surface area contributed by atoms with Gasteiger partial charge in [-0.1, -0.05) is 19.8 Å². The van der Waals surface area contributed by atoms with Crippen molar-refractivity contribution < 1.29 is 9.21 Å². The minimum Gasteiger partial charge on any atom is -0.465 e. The van der Waals surface area contributed by atoms with Gasteiger partial charge in [0, 0.05) is 6.54 Å². The molecule has 0 bridgehead atoms. The number of amides is 2. The predicted octanol–water partition coefficient (Wildman–Crippen LogP) is 2.58. The van der Waals surface area contributed by atoms with Crippen molar-refractivity contribution in [2.75, 3.05) is 6.54 Å². The Morgan fingerprint density at radius 1 is 1.31 bits per heavy atom. The molecule has 0 spiro atoms. The van der Waals surface area contributed by atoms with E-state index in [9.17, 15) is 4.79 Å². The summed E-state index contributed by atoms with van der Waals surface area (Å²) in [6.07, 6.45) is 3.34. The number of furan rings is 1. The molecule has 2 amide bonds. The maximum Gasteiger partial charge on any atom is 0.315 e. The van der Waals surface area contributed by atoms with E-state index >= 15 is 0 Å². The normalized spacial score (nSPS) is 10.1. The number of rotatable bonds is 6. The zero-order valence-corrected chi connectivity index (χ0v) is 10.0. The summed E-state index contributed by atoms with van der Waals surface area (Å²) in [4.78, 5) is 11.3. The quantitative estimate of drug-likeness (QED) is 0.730. The van der Waals surface area contributed by atoms with Gasteiger partial charge in [-0.25, -0.2) is 4.79 Å². The van der Waals surface area contributed by atoms with E-state index in [2.05, 4.69) is 17.6 Å². The van der Waals surface area contributed by atoms with E-state index in [1.165, 1.54) is 0 Å². The molecular weight excluding hydrogens is 204 g/mol. The van der Waals surface area contributed by atoms with Crippen molar-refractivity contribution in [2.45, 2.75) is 39.7 Å². The Labute approximate surface area is 96.4 Å². The average Bonchev–Trinajstić information content (AvgIpc) is 2.68. The summed E-state index contributed by atoms with van der Waals surface area (Å²) in [6.45, 7) is 5.19. The van der Waals surface area contributed by atoms with Gasteiger partial charge in [-0.3, -0.25) is 0 Å². The summed E-state index contributed by atoms with van der Waals surface area (Å²) in [5.41, 5.74) is 0. The van der Waals surface area contributed by atoms with Gasteiger partial charge < -0.3 is 15.1 Å². The van der Waals surface area contributed by atoms with Crippen LogP contribution in [0.25, 0.3) is 0 Å². The third kappa shape index (κ3) is 4.87. The van der Waals surface area contributed by atoms with Crippen molar-refractivity contribution in [1.29, 1.82) is 0 Å². The molecule has 0 aromatic carbocycles. The van der Waals surface area contributed by atoms with E-state index in [0.717, 1.165) is 37.3 Å². The van der Waals surface area contributed by atoms with Gasteiger partial charge in [-0.2, -0.15) is 0 Å². The molecule has 16 heavy (non-hydrogen) atoms. The zero-order chi connectivity index (χ0) is 11.8. The summed E-state index contributed by atoms with van der Waals surface area (Å²) in [5, 5.41) is 5.55. The number of nitrogens with one attached hydrogen (secondary N) is 2. The van der Waals surface area contributed by atoms with E-state index in [1.807, 2.05) is 19.1 Å². The van der Waals surface area contributed by atoms with Gasteiger partial charge in [0.05, 0.1) is 6.54 Å². The highest BCUT2D eigenvalue weighted by molar-refractivity contribution is 5.73. The minimum absolute atomic E-state index is 0.134. The molecule has 0 atom stereocenters. The Morgan fingerprint density at radius 3 is 2.75 bits per heavy atom. The summed E-state index contributed by atoms with van der Waals surface area (Å²) < 4.78 is 5.33. The van der Waals surface area contributed by atoms with Gasteiger partial charge >= 0.3 is 6.03 Å². The Kier molecular flexibility index (Phi) is 5.46. The smallest absolute Gasteiger partial charge is 0.315 e. The molecule has 0 aliphatic rings. The third-order valence-corrected chi connectivity index (χ3v) is 2.29. The summed E-state index contributed by atoms with van der Waals surface area (Å²) in [7, 11) is 0. The summed E-state index contributed by atoms with van der Waals surface area (Å²) >= 11 is 0. The lowest BCUT2D eigenvalue weighted by molar-refractivity contribution is 0.239. The molecule has 4 nitrogen and oxygen atoms in total. The highest BCUT2D eigenvalue weighted by Gasteiger charge is 2.01. The van der Waals surface area contributed by atoms with Crippen LogP contribution in [0.1, 0.15) is 37.7 Å². The van der Waals surface area contributed by atoms with Crippen LogP contribution in [0.15, 0.2) is 16.5 Å². The lowest BCUT2D eigenvalue weighted by Crippen LogP contribution is -2.35. The highest BCUT2D eigenvalue weighted by atomic mass is 16.3. The Hall–Kier alpha value is -1.45. The lowest BCUT2D eigenvalue weighted by Gasteiger charge is -2.05. The van der Waals surface area contributed by atoms with Crippen molar-refractivity contribution in [1.82, 2.24) is 10.6 Å². The minimum atomic E-state index is -0.134. The van der Waals surface area contributed by atoms with E-state index < -0.39 is 0 Å². The second-order valence-electron chi connectivity index (χ2n) is 3.83.